The maximum atomic E-state index is 13.2. The molecular formula is C26H33F3N4O4S2. The Morgan fingerprint density at radius 2 is 1.77 bits per heavy atom. The van der Waals surface area contributed by atoms with Gasteiger partial charge in [0.25, 0.3) is 5.91 Å². The summed E-state index contributed by atoms with van der Waals surface area (Å²) in [5.74, 6) is -2.00. The van der Waals surface area contributed by atoms with Crippen LogP contribution in [0.25, 0.3) is 0 Å². The molecule has 13 heteroatoms. The third kappa shape index (κ3) is 8.12. The molecule has 1 fully saturated rings. The van der Waals surface area contributed by atoms with Gasteiger partial charge < -0.3 is 21.3 Å². The van der Waals surface area contributed by atoms with E-state index in [1.807, 2.05) is 25.3 Å². The zero-order chi connectivity index (χ0) is 29.0. The minimum atomic E-state index is -4.66. The van der Waals surface area contributed by atoms with Crippen molar-refractivity contribution in [3.05, 3.63) is 53.6 Å². The van der Waals surface area contributed by atoms with Gasteiger partial charge in [-0.3, -0.25) is 9.59 Å². The van der Waals surface area contributed by atoms with E-state index in [1.54, 1.807) is 24.3 Å². The summed E-state index contributed by atoms with van der Waals surface area (Å²) < 4.78 is 65.5. The average Bonchev–Trinajstić information content (AvgIpc) is 2.87. The zero-order valence-electron chi connectivity index (χ0n) is 21.9. The fraction of sp³-hybridized carbons (Fsp3) is 0.462. The van der Waals surface area contributed by atoms with Crippen molar-refractivity contribution in [3.8, 4) is 0 Å². The molecule has 3 unspecified atom stereocenters. The van der Waals surface area contributed by atoms with Crippen molar-refractivity contribution >= 4 is 39.1 Å². The lowest BCUT2D eigenvalue weighted by molar-refractivity contribution is -0.137. The van der Waals surface area contributed by atoms with Gasteiger partial charge in [-0.05, 0) is 88.0 Å². The molecule has 0 bridgehead atoms. The molecule has 1 aliphatic carbocycles. The molecule has 0 radical (unpaired) electrons. The van der Waals surface area contributed by atoms with Crippen LogP contribution in [0.1, 0.15) is 35.2 Å². The topological polar surface area (TPSA) is 122 Å². The quantitative estimate of drug-likeness (QED) is 0.304. The van der Waals surface area contributed by atoms with Crippen LogP contribution in [0.2, 0.25) is 0 Å². The van der Waals surface area contributed by atoms with Crippen LogP contribution in [0.4, 0.5) is 18.9 Å². The Bertz CT molecular complexity index is 1290. The number of amides is 2. The second-order valence-corrected chi connectivity index (χ2v) is 12.7. The number of alkyl halides is 3. The van der Waals surface area contributed by atoms with Crippen LogP contribution in [-0.4, -0.2) is 69.9 Å². The van der Waals surface area contributed by atoms with E-state index in [9.17, 15) is 31.2 Å². The average molecular weight is 587 g/mol. The molecule has 4 N–H and O–H groups in total. The summed E-state index contributed by atoms with van der Waals surface area (Å²) >= 11 is 1.51. The molecule has 39 heavy (non-hydrogen) atoms. The van der Waals surface area contributed by atoms with E-state index in [0.717, 1.165) is 23.4 Å². The molecule has 3 atom stereocenters. The number of hydrogen-bond donors (Lipinski definition) is 3. The third-order valence-corrected chi connectivity index (χ3v) is 9.53. The van der Waals surface area contributed by atoms with Crippen molar-refractivity contribution in [2.24, 2.45) is 5.92 Å². The normalized spacial score (nSPS) is 20.0. The summed E-state index contributed by atoms with van der Waals surface area (Å²) in [5, 5.41) is 5.16. The summed E-state index contributed by atoms with van der Waals surface area (Å²) in [6.07, 6.45) is -0.911. The van der Waals surface area contributed by atoms with Crippen molar-refractivity contribution in [2.45, 2.75) is 47.3 Å². The lowest BCUT2D eigenvalue weighted by Crippen LogP contribution is -2.52. The van der Waals surface area contributed by atoms with Crippen molar-refractivity contribution in [2.75, 3.05) is 38.4 Å². The van der Waals surface area contributed by atoms with Gasteiger partial charge in [0.1, 0.15) is 0 Å². The summed E-state index contributed by atoms with van der Waals surface area (Å²) in [4.78, 5) is 28.5. The number of thioether (sulfide) groups is 1. The lowest BCUT2D eigenvalue weighted by Gasteiger charge is -2.39. The molecule has 1 aliphatic rings. The first-order valence-corrected chi connectivity index (χ1v) is 15.2. The zero-order valence-corrected chi connectivity index (χ0v) is 23.5. The standard InChI is InChI=1S/C26H33F3N4O4S2/c1-33(2)18-6-4-16(15-39(36,37)20-9-7-19(38-3)8-10-20)23(13-18)32-24(34)14-31-25(35)21-12-17(26(27,28)29)5-11-22(21)30/h5,7-12,16,18,23H,4,6,13-15,30H2,1-3H3,(H,31,35)(H,32,34). The fourth-order valence-electron chi connectivity index (χ4n) is 4.66. The van der Waals surface area contributed by atoms with Gasteiger partial charge in [0.05, 0.1) is 28.3 Å². The van der Waals surface area contributed by atoms with Crippen molar-refractivity contribution in [3.63, 3.8) is 0 Å². The minimum absolute atomic E-state index is 0.120. The largest absolute Gasteiger partial charge is 0.416 e. The summed E-state index contributed by atoms with van der Waals surface area (Å²) in [6.45, 7) is -0.507. The molecular weight excluding hydrogens is 553 g/mol. The van der Waals surface area contributed by atoms with Gasteiger partial charge in [-0.2, -0.15) is 13.2 Å². The Morgan fingerprint density at radius 3 is 2.36 bits per heavy atom. The predicted molar refractivity (Wildman–Crippen MR) is 145 cm³/mol. The Kier molecular flexibility index (Phi) is 9.94. The van der Waals surface area contributed by atoms with E-state index in [-0.39, 0.29) is 33.9 Å². The van der Waals surface area contributed by atoms with Crippen LogP contribution >= 0.6 is 11.8 Å². The van der Waals surface area contributed by atoms with Gasteiger partial charge in [0, 0.05) is 22.7 Å². The van der Waals surface area contributed by atoms with Crippen LogP contribution in [-0.2, 0) is 20.8 Å². The van der Waals surface area contributed by atoms with Gasteiger partial charge >= 0.3 is 6.18 Å². The predicted octanol–water partition coefficient (Wildman–Crippen LogP) is 3.43. The first kappa shape index (κ1) is 30.8. The van der Waals surface area contributed by atoms with Gasteiger partial charge in [0.15, 0.2) is 9.84 Å². The maximum Gasteiger partial charge on any atom is 0.416 e. The number of nitrogen functional groups attached to an aromatic ring is 1. The molecule has 2 aromatic carbocycles. The number of sulfone groups is 1. The molecule has 3 rings (SSSR count). The number of benzene rings is 2. The summed E-state index contributed by atoms with van der Waals surface area (Å²) in [7, 11) is 0.197. The molecule has 0 spiro atoms. The van der Waals surface area contributed by atoms with E-state index < -0.39 is 46.0 Å². The second-order valence-electron chi connectivity index (χ2n) is 9.80. The van der Waals surface area contributed by atoms with E-state index >= 15 is 0 Å². The van der Waals surface area contributed by atoms with Crippen LogP contribution in [0.15, 0.2) is 52.3 Å². The van der Waals surface area contributed by atoms with Crippen LogP contribution < -0.4 is 16.4 Å². The number of halogens is 3. The first-order chi connectivity index (χ1) is 18.2. The van der Waals surface area contributed by atoms with Gasteiger partial charge in [-0.25, -0.2) is 8.42 Å². The van der Waals surface area contributed by atoms with E-state index in [0.29, 0.717) is 18.9 Å². The second kappa shape index (κ2) is 12.6. The fourth-order valence-corrected chi connectivity index (χ4v) is 6.77. The van der Waals surface area contributed by atoms with Gasteiger partial charge in [-0.1, -0.05) is 0 Å². The summed E-state index contributed by atoms with van der Waals surface area (Å²) in [6, 6.07) is 8.70. The third-order valence-electron chi connectivity index (χ3n) is 6.93. The Hall–Kier alpha value is -2.77. The molecule has 1 saturated carbocycles. The Morgan fingerprint density at radius 1 is 1.10 bits per heavy atom. The molecule has 214 valence electrons. The highest BCUT2D eigenvalue weighted by Crippen LogP contribution is 2.32. The van der Waals surface area contributed by atoms with Gasteiger partial charge in [0.2, 0.25) is 5.91 Å². The van der Waals surface area contributed by atoms with Crippen molar-refractivity contribution in [1.82, 2.24) is 15.5 Å². The van der Waals surface area contributed by atoms with Crippen LogP contribution in [0, 0.1) is 5.92 Å². The smallest absolute Gasteiger partial charge is 0.398 e. The number of nitrogens with two attached hydrogens (primary N) is 1. The van der Waals surface area contributed by atoms with E-state index in [4.69, 9.17) is 5.73 Å². The van der Waals surface area contributed by atoms with Crippen molar-refractivity contribution < 1.29 is 31.2 Å². The van der Waals surface area contributed by atoms with E-state index in [1.165, 1.54) is 11.8 Å². The SMILES string of the molecule is CSc1ccc(S(=O)(=O)CC2CCC(N(C)C)CC2NC(=O)CNC(=O)c2cc(C(F)(F)F)ccc2N)cc1. The molecule has 0 heterocycles. The minimum Gasteiger partial charge on any atom is -0.398 e. The molecule has 2 amide bonds. The molecule has 2 aromatic rings. The molecule has 0 aliphatic heterocycles. The highest BCUT2D eigenvalue weighted by molar-refractivity contribution is 7.98. The van der Waals surface area contributed by atoms with Crippen LogP contribution in [0.5, 0.6) is 0 Å². The lowest BCUT2D eigenvalue weighted by atomic mass is 9.82. The number of carbonyl (C=O) groups is 2. The molecule has 8 nitrogen and oxygen atoms in total. The van der Waals surface area contributed by atoms with Crippen molar-refractivity contribution in [1.29, 1.82) is 0 Å². The number of nitrogens with one attached hydrogen (secondary N) is 2. The number of nitrogens with zero attached hydrogens (tertiary/aromatic N) is 1. The van der Waals surface area contributed by atoms with E-state index in [2.05, 4.69) is 10.6 Å². The summed E-state index contributed by atoms with van der Waals surface area (Å²) in [5.41, 5.74) is 4.11. The molecule has 0 saturated heterocycles. The Labute approximate surface area is 230 Å². The first-order valence-electron chi connectivity index (χ1n) is 12.3. The number of hydrogen-bond acceptors (Lipinski definition) is 7. The van der Waals surface area contributed by atoms with Crippen LogP contribution in [0.3, 0.4) is 0 Å². The number of rotatable bonds is 9. The maximum absolute atomic E-state index is 13.2. The highest BCUT2D eigenvalue weighted by Gasteiger charge is 2.36. The Balaban J connectivity index is 1.69. The number of anilines is 1. The van der Waals surface area contributed by atoms with Gasteiger partial charge in [-0.15, -0.1) is 11.8 Å². The monoisotopic (exact) mass is 586 g/mol. The molecule has 0 aromatic heterocycles. The number of carbonyl (C=O) groups excluding carboxylic acids is 2. The highest BCUT2D eigenvalue weighted by atomic mass is 32.2.